The number of carboxylic acids is 1. The molecule has 0 saturated carbocycles. The standard InChI is InChI=1S/C17H13N5O2/c1-10-18-20-17-21-19-15(11-6-8-12(9-7-11)16(23)24)13-4-2-3-5-14(13)22(10)17/h2-9H,1H3,(H,20,21)(H,23,24). The summed E-state index contributed by atoms with van der Waals surface area (Å²) in [5.41, 5.74) is 6.54. The highest BCUT2D eigenvalue weighted by Crippen LogP contribution is 2.26. The highest BCUT2D eigenvalue weighted by atomic mass is 16.4. The predicted octanol–water partition coefficient (Wildman–Crippen LogP) is 2.45. The van der Waals surface area contributed by atoms with Crippen LogP contribution in [0.1, 0.15) is 27.3 Å². The fourth-order valence-electron chi connectivity index (χ4n) is 2.75. The van der Waals surface area contributed by atoms with Gasteiger partial charge in [-0.1, -0.05) is 30.3 Å². The molecule has 7 heteroatoms. The molecule has 2 heterocycles. The normalized spacial score (nSPS) is 12.5. The summed E-state index contributed by atoms with van der Waals surface area (Å²) in [6.45, 7) is 1.88. The first kappa shape index (κ1) is 14.1. The van der Waals surface area contributed by atoms with E-state index in [0.717, 1.165) is 22.6 Å². The lowest BCUT2D eigenvalue weighted by molar-refractivity contribution is 0.0697. The molecule has 0 bridgehead atoms. The van der Waals surface area contributed by atoms with Crippen LogP contribution in [0, 0.1) is 6.92 Å². The second-order valence-corrected chi connectivity index (χ2v) is 5.38. The largest absolute Gasteiger partial charge is 0.478 e. The monoisotopic (exact) mass is 319 g/mol. The first-order valence-corrected chi connectivity index (χ1v) is 7.34. The number of benzene rings is 2. The third kappa shape index (κ3) is 2.14. The minimum absolute atomic E-state index is 0.238. The molecule has 4 rings (SSSR count). The molecule has 0 unspecified atom stereocenters. The van der Waals surface area contributed by atoms with E-state index in [1.807, 2.05) is 35.8 Å². The van der Waals surface area contributed by atoms with Crippen molar-refractivity contribution in [2.24, 2.45) is 5.10 Å². The van der Waals surface area contributed by atoms with Gasteiger partial charge in [-0.2, -0.15) is 5.10 Å². The maximum atomic E-state index is 11.0. The number of para-hydroxylation sites is 1. The number of carboxylic acid groups (broad SMARTS) is 1. The van der Waals surface area contributed by atoms with E-state index in [4.69, 9.17) is 5.11 Å². The van der Waals surface area contributed by atoms with Crippen LogP contribution in [0.25, 0.3) is 5.69 Å². The topological polar surface area (TPSA) is 92.4 Å². The Balaban J connectivity index is 1.88. The Bertz CT molecular complexity index is 973. The van der Waals surface area contributed by atoms with Crippen LogP contribution in [0.2, 0.25) is 0 Å². The number of anilines is 1. The summed E-state index contributed by atoms with van der Waals surface area (Å²) in [7, 11) is 0. The van der Waals surface area contributed by atoms with Gasteiger partial charge in [-0.25, -0.2) is 10.2 Å². The number of aromatic nitrogens is 3. The maximum absolute atomic E-state index is 11.0. The van der Waals surface area contributed by atoms with Gasteiger partial charge in [-0.3, -0.25) is 4.57 Å². The molecule has 118 valence electrons. The average molecular weight is 319 g/mol. The van der Waals surface area contributed by atoms with Crippen molar-refractivity contribution in [2.45, 2.75) is 6.92 Å². The Morgan fingerprint density at radius 1 is 1.08 bits per heavy atom. The van der Waals surface area contributed by atoms with Gasteiger partial charge in [0.05, 0.1) is 17.0 Å². The first-order chi connectivity index (χ1) is 11.6. The lowest BCUT2D eigenvalue weighted by atomic mass is 9.99. The van der Waals surface area contributed by atoms with Gasteiger partial charge in [0.25, 0.3) is 0 Å². The van der Waals surface area contributed by atoms with Crippen molar-refractivity contribution in [2.75, 3.05) is 5.43 Å². The lowest BCUT2D eigenvalue weighted by Crippen LogP contribution is -2.08. The van der Waals surface area contributed by atoms with Crippen LogP contribution in [0.5, 0.6) is 0 Å². The molecular formula is C17H13N5O2. The molecule has 0 aliphatic carbocycles. The highest BCUT2D eigenvalue weighted by Gasteiger charge is 2.21. The molecule has 0 spiro atoms. The number of fused-ring (bicyclic) bond motifs is 3. The van der Waals surface area contributed by atoms with Crippen molar-refractivity contribution in [3.63, 3.8) is 0 Å². The van der Waals surface area contributed by atoms with E-state index in [9.17, 15) is 4.79 Å². The van der Waals surface area contributed by atoms with Gasteiger partial charge in [-0.05, 0) is 25.1 Å². The van der Waals surface area contributed by atoms with Gasteiger partial charge < -0.3 is 5.11 Å². The number of rotatable bonds is 2. The lowest BCUT2D eigenvalue weighted by Gasteiger charge is -2.11. The Hall–Kier alpha value is -3.48. The van der Waals surface area contributed by atoms with Gasteiger partial charge >= 0.3 is 5.97 Å². The first-order valence-electron chi connectivity index (χ1n) is 7.34. The second kappa shape index (κ2) is 5.31. The fraction of sp³-hybridized carbons (Fsp3) is 0.0588. The van der Waals surface area contributed by atoms with Crippen molar-refractivity contribution in [3.05, 3.63) is 71.0 Å². The van der Waals surface area contributed by atoms with Crippen molar-refractivity contribution in [1.82, 2.24) is 14.8 Å². The van der Waals surface area contributed by atoms with E-state index in [-0.39, 0.29) is 5.56 Å². The van der Waals surface area contributed by atoms with Crippen molar-refractivity contribution < 1.29 is 9.90 Å². The number of hydrogen-bond acceptors (Lipinski definition) is 5. The van der Waals surface area contributed by atoms with E-state index in [1.165, 1.54) is 0 Å². The van der Waals surface area contributed by atoms with Gasteiger partial charge in [0.15, 0.2) is 0 Å². The molecule has 0 fully saturated rings. The van der Waals surface area contributed by atoms with Gasteiger partial charge in [0.1, 0.15) is 5.82 Å². The third-order valence-electron chi connectivity index (χ3n) is 3.90. The smallest absolute Gasteiger partial charge is 0.335 e. The number of nitrogens with zero attached hydrogens (tertiary/aromatic N) is 4. The van der Waals surface area contributed by atoms with E-state index in [0.29, 0.717) is 11.7 Å². The van der Waals surface area contributed by atoms with Crippen molar-refractivity contribution in [1.29, 1.82) is 0 Å². The van der Waals surface area contributed by atoms with Crippen LogP contribution in [0.4, 0.5) is 5.95 Å². The molecule has 24 heavy (non-hydrogen) atoms. The van der Waals surface area contributed by atoms with Gasteiger partial charge in [-0.15, -0.1) is 10.2 Å². The summed E-state index contributed by atoms with van der Waals surface area (Å²) in [4.78, 5) is 11.0. The number of nitrogens with one attached hydrogen (secondary N) is 1. The summed E-state index contributed by atoms with van der Waals surface area (Å²) in [6, 6.07) is 14.5. The number of carbonyl (C=O) groups is 1. The third-order valence-corrected chi connectivity index (χ3v) is 3.90. The van der Waals surface area contributed by atoms with E-state index in [1.54, 1.807) is 24.3 Å². The average Bonchev–Trinajstić information content (AvgIpc) is 2.87. The zero-order valence-corrected chi connectivity index (χ0v) is 12.8. The Labute approximate surface area is 137 Å². The SMILES string of the molecule is Cc1nnc2n1-c1ccccc1C(c1ccc(C(=O)O)cc1)=NN2. The molecule has 0 amide bonds. The van der Waals surface area contributed by atoms with Crippen LogP contribution in [0.15, 0.2) is 53.6 Å². The molecule has 2 N–H and O–H groups in total. The molecule has 3 aromatic rings. The second-order valence-electron chi connectivity index (χ2n) is 5.38. The molecule has 1 aromatic heterocycles. The molecule has 0 radical (unpaired) electrons. The molecule has 2 aromatic carbocycles. The van der Waals surface area contributed by atoms with Crippen LogP contribution >= 0.6 is 0 Å². The number of aromatic carboxylic acids is 1. The van der Waals surface area contributed by atoms with E-state index < -0.39 is 5.97 Å². The Kier molecular flexibility index (Phi) is 3.13. The molecule has 0 saturated heterocycles. The number of hydrazone groups is 1. The minimum Gasteiger partial charge on any atom is -0.478 e. The van der Waals surface area contributed by atoms with Crippen LogP contribution < -0.4 is 5.43 Å². The van der Waals surface area contributed by atoms with Crippen LogP contribution in [-0.4, -0.2) is 31.6 Å². The number of aryl methyl sites for hydroxylation is 1. The minimum atomic E-state index is -0.954. The molecule has 0 atom stereocenters. The summed E-state index contributed by atoms with van der Waals surface area (Å²) >= 11 is 0. The predicted molar refractivity (Wildman–Crippen MR) is 88.8 cm³/mol. The van der Waals surface area contributed by atoms with Crippen molar-refractivity contribution in [3.8, 4) is 5.69 Å². The van der Waals surface area contributed by atoms with Crippen molar-refractivity contribution >= 4 is 17.6 Å². The summed E-state index contributed by atoms with van der Waals surface area (Å²) < 4.78 is 1.90. The molecule has 1 aliphatic rings. The van der Waals surface area contributed by atoms with Crippen LogP contribution in [-0.2, 0) is 0 Å². The van der Waals surface area contributed by atoms with E-state index in [2.05, 4.69) is 20.7 Å². The zero-order chi connectivity index (χ0) is 16.7. The summed E-state index contributed by atoms with van der Waals surface area (Å²) in [6.07, 6.45) is 0. The maximum Gasteiger partial charge on any atom is 0.335 e. The Morgan fingerprint density at radius 3 is 2.58 bits per heavy atom. The highest BCUT2D eigenvalue weighted by molar-refractivity contribution is 6.15. The van der Waals surface area contributed by atoms with Crippen LogP contribution in [0.3, 0.4) is 0 Å². The Morgan fingerprint density at radius 2 is 1.83 bits per heavy atom. The quantitative estimate of drug-likeness (QED) is 0.757. The fourth-order valence-corrected chi connectivity index (χ4v) is 2.75. The van der Waals surface area contributed by atoms with E-state index >= 15 is 0 Å². The molecule has 1 aliphatic heterocycles. The summed E-state index contributed by atoms with van der Waals surface area (Å²) in [5.74, 6) is 0.337. The van der Waals surface area contributed by atoms with Gasteiger partial charge in [0.2, 0.25) is 5.95 Å². The number of hydrogen-bond donors (Lipinski definition) is 2. The molecule has 7 nitrogen and oxygen atoms in total. The molecular weight excluding hydrogens is 306 g/mol. The zero-order valence-electron chi connectivity index (χ0n) is 12.8. The van der Waals surface area contributed by atoms with Gasteiger partial charge in [0, 0.05) is 11.1 Å². The summed E-state index contributed by atoms with van der Waals surface area (Å²) in [5, 5.41) is 21.7.